The van der Waals surface area contributed by atoms with Gasteiger partial charge in [-0.1, -0.05) is 26.2 Å². The number of carboxylic acid groups (broad SMARTS) is 1. The molecule has 4 nitrogen and oxygen atoms in total. The normalized spacial score (nSPS) is 14.5. The summed E-state index contributed by atoms with van der Waals surface area (Å²) in [6.07, 6.45) is 5.36. The summed E-state index contributed by atoms with van der Waals surface area (Å²) in [5.41, 5.74) is 1.05. The highest BCUT2D eigenvalue weighted by molar-refractivity contribution is 5.88. The lowest BCUT2D eigenvalue weighted by Crippen LogP contribution is -2.05. The van der Waals surface area contributed by atoms with Gasteiger partial charge in [-0.05, 0) is 24.8 Å². The SMILES string of the molecule is CCCc1cc(C(=O)O)cc(OCCC2CC2)n1. The second-order valence-corrected chi connectivity index (χ2v) is 4.82. The lowest BCUT2D eigenvalue weighted by molar-refractivity contribution is 0.0696. The average Bonchev–Trinajstić information content (AvgIpc) is 3.13. The second kappa shape index (κ2) is 5.85. The summed E-state index contributed by atoms with van der Waals surface area (Å²) in [5, 5.41) is 9.04. The van der Waals surface area contributed by atoms with Crippen LogP contribution >= 0.6 is 0 Å². The van der Waals surface area contributed by atoms with Gasteiger partial charge in [-0.3, -0.25) is 0 Å². The highest BCUT2D eigenvalue weighted by Gasteiger charge is 2.20. The van der Waals surface area contributed by atoms with Crippen LogP contribution in [0.2, 0.25) is 0 Å². The van der Waals surface area contributed by atoms with Gasteiger partial charge < -0.3 is 9.84 Å². The largest absolute Gasteiger partial charge is 0.478 e. The van der Waals surface area contributed by atoms with Crippen LogP contribution in [0.1, 0.15) is 48.7 Å². The zero-order chi connectivity index (χ0) is 13.0. The number of aromatic carboxylic acids is 1. The fourth-order valence-electron chi connectivity index (χ4n) is 1.88. The zero-order valence-electron chi connectivity index (χ0n) is 10.7. The fourth-order valence-corrected chi connectivity index (χ4v) is 1.88. The van der Waals surface area contributed by atoms with E-state index in [1.54, 1.807) is 6.07 Å². The third kappa shape index (κ3) is 3.72. The summed E-state index contributed by atoms with van der Waals surface area (Å²) in [6, 6.07) is 3.13. The van der Waals surface area contributed by atoms with Crippen molar-refractivity contribution in [1.29, 1.82) is 0 Å². The van der Waals surface area contributed by atoms with Crippen molar-refractivity contribution in [3.63, 3.8) is 0 Å². The molecular formula is C14H19NO3. The van der Waals surface area contributed by atoms with Crippen molar-refractivity contribution in [3.8, 4) is 5.88 Å². The van der Waals surface area contributed by atoms with Gasteiger partial charge in [-0.2, -0.15) is 0 Å². The van der Waals surface area contributed by atoms with E-state index in [0.717, 1.165) is 30.9 Å². The number of carbonyl (C=O) groups is 1. The van der Waals surface area contributed by atoms with E-state index in [4.69, 9.17) is 9.84 Å². The molecule has 0 bridgehead atoms. The van der Waals surface area contributed by atoms with E-state index in [0.29, 0.717) is 12.5 Å². The minimum Gasteiger partial charge on any atom is -0.478 e. The Morgan fingerprint density at radius 3 is 2.89 bits per heavy atom. The van der Waals surface area contributed by atoms with Crippen molar-refractivity contribution in [2.24, 2.45) is 5.92 Å². The maximum absolute atomic E-state index is 11.0. The van der Waals surface area contributed by atoms with E-state index < -0.39 is 5.97 Å². The van der Waals surface area contributed by atoms with Crippen LogP contribution < -0.4 is 4.74 Å². The smallest absolute Gasteiger partial charge is 0.335 e. The molecule has 1 saturated carbocycles. The minimum atomic E-state index is -0.929. The molecule has 1 fully saturated rings. The quantitative estimate of drug-likeness (QED) is 0.807. The number of aryl methyl sites for hydroxylation is 1. The predicted octanol–water partition coefficient (Wildman–Crippen LogP) is 2.91. The highest BCUT2D eigenvalue weighted by atomic mass is 16.5. The Balaban J connectivity index is 2.03. The number of aromatic nitrogens is 1. The average molecular weight is 249 g/mol. The summed E-state index contributed by atoms with van der Waals surface area (Å²) in [4.78, 5) is 15.4. The van der Waals surface area contributed by atoms with Gasteiger partial charge in [0, 0.05) is 11.8 Å². The molecule has 0 atom stereocenters. The van der Waals surface area contributed by atoms with Gasteiger partial charge in [-0.15, -0.1) is 0 Å². The number of nitrogens with zero attached hydrogens (tertiary/aromatic N) is 1. The molecule has 1 aliphatic carbocycles. The summed E-state index contributed by atoms with van der Waals surface area (Å²) >= 11 is 0. The van der Waals surface area contributed by atoms with E-state index in [2.05, 4.69) is 4.98 Å². The van der Waals surface area contributed by atoms with Crippen LogP contribution in [0, 0.1) is 5.92 Å². The number of hydrogen-bond donors (Lipinski definition) is 1. The maximum atomic E-state index is 11.0. The molecule has 1 aliphatic rings. The fraction of sp³-hybridized carbons (Fsp3) is 0.571. The first kappa shape index (κ1) is 12.9. The predicted molar refractivity (Wildman–Crippen MR) is 68.0 cm³/mol. The monoisotopic (exact) mass is 249 g/mol. The Morgan fingerprint density at radius 1 is 1.50 bits per heavy atom. The molecule has 1 aromatic heterocycles. The topological polar surface area (TPSA) is 59.4 Å². The molecule has 0 unspecified atom stereocenters. The Labute approximate surface area is 107 Å². The molecule has 1 aromatic rings. The van der Waals surface area contributed by atoms with Crippen LogP contribution in [0.3, 0.4) is 0 Å². The van der Waals surface area contributed by atoms with Crippen molar-refractivity contribution in [2.75, 3.05) is 6.61 Å². The molecule has 1 N–H and O–H groups in total. The first-order valence-corrected chi connectivity index (χ1v) is 6.56. The second-order valence-electron chi connectivity index (χ2n) is 4.82. The molecular weight excluding hydrogens is 230 g/mol. The van der Waals surface area contributed by atoms with Crippen LogP contribution in [0.4, 0.5) is 0 Å². The van der Waals surface area contributed by atoms with Gasteiger partial charge in [0.25, 0.3) is 0 Å². The molecule has 0 spiro atoms. The Kier molecular flexibility index (Phi) is 4.18. The molecule has 4 heteroatoms. The lowest BCUT2D eigenvalue weighted by Gasteiger charge is -2.08. The van der Waals surface area contributed by atoms with Crippen LogP contribution in [-0.2, 0) is 6.42 Å². The van der Waals surface area contributed by atoms with E-state index in [9.17, 15) is 4.79 Å². The summed E-state index contributed by atoms with van der Waals surface area (Å²) in [7, 11) is 0. The number of ether oxygens (including phenoxy) is 1. The summed E-state index contributed by atoms with van der Waals surface area (Å²) in [5.74, 6) is 0.323. The molecule has 98 valence electrons. The van der Waals surface area contributed by atoms with E-state index in [-0.39, 0.29) is 5.56 Å². The van der Waals surface area contributed by atoms with Crippen molar-refractivity contribution in [3.05, 3.63) is 23.4 Å². The van der Waals surface area contributed by atoms with E-state index in [1.807, 2.05) is 6.92 Å². The Morgan fingerprint density at radius 2 is 2.28 bits per heavy atom. The van der Waals surface area contributed by atoms with Crippen LogP contribution in [0.25, 0.3) is 0 Å². The van der Waals surface area contributed by atoms with Crippen LogP contribution in [-0.4, -0.2) is 22.7 Å². The number of carboxylic acids is 1. The first-order valence-electron chi connectivity index (χ1n) is 6.56. The Hall–Kier alpha value is -1.58. The molecule has 0 amide bonds. The molecule has 2 rings (SSSR count). The van der Waals surface area contributed by atoms with E-state index >= 15 is 0 Å². The third-order valence-corrected chi connectivity index (χ3v) is 3.08. The van der Waals surface area contributed by atoms with Crippen molar-refractivity contribution < 1.29 is 14.6 Å². The van der Waals surface area contributed by atoms with Gasteiger partial charge in [0.1, 0.15) is 0 Å². The highest BCUT2D eigenvalue weighted by Crippen LogP contribution is 2.32. The molecule has 0 radical (unpaired) electrons. The summed E-state index contributed by atoms with van der Waals surface area (Å²) < 4.78 is 5.56. The first-order chi connectivity index (χ1) is 8.69. The molecule has 0 aliphatic heterocycles. The molecule has 0 saturated heterocycles. The van der Waals surface area contributed by atoms with E-state index in [1.165, 1.54) is 18.9 Å². The van der Waals surface area contributed by atoms with Crippen LogP contribution in [0.5, 0.6) is 5.88 Å². The van der Waals surface area contributed by atoms with Gasteiger partial charge in [0.2, 0.25) is 5.88 Å². The molecule has 18 heavy (non-hydrogen) atoms. The number of hydrogen-bond acceptors (Lipinski definition) is 3. The number of rotatable bonds is 7. The standard InChI is InChI=1S/C14H19NO3/c1-2-3-12-8-11(14(16)17)9-13(15-12)18-7-6-10-4-5-10/h8-10H,2-7H2,1H3,(H,16,17). The van der Waals surface area contributed by atoms with Crippen molar-refractivity contribution in [2.45, 2.75) is 39.0 Å². The molecule has 1 heterocycles. The van der Waals surface area contributed by atoms with Crippen molar-refractivity contribution in [1.82, 2.24) is 4.98 Å². The summed E-state index contributed by atoms with van der Waals surface area (Å²) in [6.45, 7) is 2.68. The van der Waals surface area contributed by atoms with Gasteiger partial charge in [-0.25, -0.2) is 9.78 Å². The van der Waals surface area contributed by atoms with Gasteiger partial charge in [0.05, 0.1) is 12.2 Å². The Bertz CT molecular complexity index is 427. The van der Waals surface area contributed by atoms with Gasteiger partial charge in [0.15, 0.2) is 0 Å². The number of pyridine rings is 1. The maximum Gasteiger partial charge on any atom is 0.335 e. The van der Waals surface area contributed by atoms with Crippen molar-refractivity contribution >= 4 is 5.97 Å². The lowest BCUT2D eigenvalue weighted by atomic mass is 10.1. The van der Waals surface area contributed by atoms with Crippen LogP contribution in [0.15, 0.2) is 12.1 Å². The zero-order valence-corrected chi connectivity index (χ0v) is 10.7. The van der Waals surface area contributed by atoms with Gasteiger partial charge >= 0.3 is 5.97 Å². The third-order valence-electron chi connectivity index (χ3n) is 3.08. The minimum absolute atomic E-state index is 0.259. The molecule has 0 aromatic carbocycles.